The Labute approximate surface area is 161 Å². The van der Waals surface area contributed by atoms with Gasteiger partial charge in [0.25, 0.3) is 0 Å². The van der Waals surface area contributed by atoms with Crippen molar-refractivity contribution < 1.29 is 41.9 Å². The molecule has 0 aliphatic heterocycles. The van der Waals surface area contributed by atoms with Gasteiger partial charge in [0.05, 0.1) is 25.4 Å². The molecular weight excluding hydrogens is 402 g/mol. The van der Waals surface area contributed by atoms with Crippen LogP contribution in [0.15, 0.2) is 24.3 Å². The number of hydrogen-bond acceptors (Lipinski definition) is 5. The maximum atomic E-state index is 12.0. The standard InChI is InChI=1S/C17H27F3NO6P/c18-17(19,20)9-2-1-3-11-26-15-6-4-14(5-7-15)8-10-16(21,12-22)13-27-28(23,24)25/h4-7,22H,1-3,8-13,21H2,(H2,23,24,25). The molecular formula is C17H27F3NO6P. The van der Waals surface area contributed by atoms with Gasteiger partial charge in [-0.2, -0.15) is 13.2 Å². The van der Waals surface area contributed by atoms with E-state index in [9.17, 15) is 22.8 Å². The first-order chi connectivity index (χ1) is 12.9. The van der Waals surface area contributed by atoms with Crippen molar-refractivity contribution in [3.8, 4) is 5.75 Å². The van der Waals surface area contributed by atoms with Crippen LogP contribution in [0.2, 0.25) is 0 Å². The molecule has 0 aliphatic rings. The average molecular weight is 429 g/mol. The normalized spacial score (nSPS) is 14.7. The van der Waals surface area contributed by atoms with E-state index >= 15 is 0 Å². The summed E-state index contributed by atoms with van der Waals surface area (Å²) >= 11 is 0. The molecule has 162 valence electrons. The summed E-state index contributed by atoms with van der Waals surface area (Å²) < 4.78 is 56.7. The largest absolute Gasteiger partial charge is 0.494 e. The maximum absolute atomic E-state index is 12.0. The third kappa shape index (κ3) is 11.6. The molecule has 1 unspecified atom stereocenters. The molecule has 1 rings (SSSR count). The summed E-state index contributed by atoms with van der Waals surface area (Å²) in [5.74, 6) is 0.588. The monoisotopic (exact) mass is 429 g/mol. The van der Waals surface area contributed by atoms with E-state index in [0.717, 1.165) is 5.56 Å². The van der Waals surface area contributed by atoms with Crippen molar-refractivity contribution in [3.05, 3.63) is 29.8 Å². The van der Waals surface area contributed by atoms with Crippen LogP contribution in [-0.4, -0.2) is 46.4 Å². The molecule has 0 radical (unpaired) electrons. The van der Waals surface area contributed by atoms with Crippen molar-refractivity contribution in [2.45, 2.75) is 50.2 Å². The van der Waals surface area contributed by atoms with Crippen LogP contribution in [0.5, 0.6) is 5.75 Å². The molecule has 5 N–H and O–H groups in total. The van der Waals surface area contributed by atoms with Gasteiger partial charge < -0.3 is 25.4 Å². The molecule has 0 heterocycles. The molecule has 0 fully saturated rings. The predicted octanol–water partition coefficient (Wildman–Crippen LogP) is 2.92. The topological polar surface area (TPSA) is 122 Å². The molecule has 0 aliphatic carbocycles. The lowest BCUT2D eigenvalue weighted by Crippen LogP contribution is -2.48. The quantitative estimate of drug-likeness (QED) is 0.281. The van der Waals surface area contributed by atoms with E-state index in [1.54, 1.807) is 24.3 Å². The minimum absolute atomic E-state index is 0.0865. The number of aliphatic hydroxyl groups is 1. The fourth-order valence-corrected chi connectivity index (χ4v) is 2.77. The Hall–Kier alpha value is -1.16. The van der Waals surface area contributed by atoms with Gasteiger partial charge in [-0.1, -0.05) is 12.1 Å². The summed E-state index contributed by atoms with van der Waals surface area (Å²) in [6.07, 6.45) is -3.16. The van der Waals surface area contributed by atoms with Crippen molar-refractivity contribution in [1.29, 1.82) is 0 Å². The summed E-state index contributed by atoms with van der Waals surface area (Å²) in [6, 6.07) is 6.99. The van der Waals surface area contributed by atoms with Crippen molar-refractivity contribution in [2.75, 3.05) is 19.8 Å². The molecule has 0 saturated carbocycles. The fourth-order valence-electron chi connectivity index (χ4n) is 2.35. The SMILES string of the molecule is NC(CO)(CCc1ccc(OCCCCCC(F)(F)F)cc1)COP(=O)(O)O. The highest BCUT2D eigenvalue weighted by Gasteiger charge is 2.28. The maximum Gasteiger partial charge on any atom is 0.469 e. The lowest BCUT2D eigenvalue weighted by atomic mass is 9.94. The number of rotatable bonds is 13. The lowest BCUT2D eigenvalue weighted by molar-refractivity contribution is -0.135. The van der Waals surface area contributed by atoms with E-state index in [2.05, 4.69) is 4.52 Å². The van der Waals surface area contributed by atoms with E-state index < -0.39 is 39.2 Å². The summed E-state index contributed by atoms with van der Waals surface area (Å²) in [4.78, 5) is 17.5. The number of nitrogens with two attached hydrogens (primary N) is 1. The third-order valence-electron chi connectivity index (χ3n) is 4.04. The molecule has 0 saturated heterocycles. The number of benzene rings is 1. The van der Waals surface area contributed by atoms with Crippen LogP contribution in [-0.2, 0) is 15.5 Å². The van der Waals surface area contributed by atoms with Crippen LogP contribution in [0, 0.1) is 0 Å². The lowest BCUT2D eigenvalue weighted by Gasteiger charge is -2.27. The molecule has 0 aromatic heterocycles. The van der Waals surface area contributed by atoms with Crippen molar-refractivity contribution in [2.24, 2.45) is 5.73 Å². The molecule has 0 bridgehead atoms. The average Bonchev–Trinajstić information content (AvgIpc) is 2.61. The van der Waals surface area contributed by atoms with Crippen LogP contribution in [0.25, 0.3) is 0 Å². The first-order valence-electron chi connectivity index (χ1n) is 8.81. The van der Waals surface area contributed by atoms with Crippen LogP contribution in [0.3, 0.4) is 0 Å². The number of aliphatic hydroxyl groups excluding tert-OH is 1. The minimum atomic E-state index is -4.67. The number of alkyl halides is 3. The Morgan fingerprint density at radius 2 is 1.68 bits per heavy atom. The summed E-state index contributed by atoms with van der Waals surface area (Å²) in [7, 11) is -4.67. The molecule has 1 aromatic rings. The Kier molecular flexibility index (Phi) is 9.89. The first-order valence-corrected chi connectivity index (χ1v) is 10.3. The number of hydrogen-bond donors (Lipinski definition) is 4. The number of phosphoric acid groups is 1. The smallest absolute Gasteiger partial charge is 0.469 e. The minimum Gasteiger partial charge on any atom is -0.494 e. The molecule has 11 heteroatoms. The second-order valence-corrected chi connectivity index (χ2v) is 7.94. The van der Waals surface area contributed by atoms with Gasteiger partial charge in [0, 0.05) is 6.42 Å². The summed E-state index contributed by atoms with van der Waals surface area (Å²) in [6.45, 7) is -0.654. The molecule has 0 spiro atoms. The second-order valence-electron chi connectivity index (χ2n) is 6.70. The van der Waals surface area contributed by atoms with E-state index in [0.29, 0.717) is 31.6 Å². The molecule has 28 heavy (non-hydrogen) atoms. The Morgan fingerprint density at radius 3 is 2.21 bits per heavy atom. The van der Waals surface area contributed by atoms with Gasteiger partial charge >= 0.3 is 14.0 Å². The van der Waals surface area contributed by atoms with E-state index in [1.807, 2.05) is 0 Å². The van der Waals surface area contributed by atoms with Crippen molar-refractivity contribution in [3.63, 3.8) is 0 Å². The number of ether oxygens (including phenoxy) is 1. The van der Waals surface area contributed by atoms with Crippen LogP contribution in [0.1, 0.15) is 37.7 Å². The fraction of sp³-hybridized carbons (Fsp3) is 0.647. The zero-order chi connectivity index (χ0) is 21.3. The van der Waals surface area contributed by atoms with Gasteiger partial charge in [0.2, 0.25) is 0 Å². The van der Waals surface area contributed by atoms with Crippen LogP contribution >= 0.6 is 7.82 Å². The van der Waals surface area contributed by atoms with Crippen LogP contribution < -0.4 is 10.5 Å². The van der Waals surface area contributed by atoms with Crippen LogP contribution in [0.4, 0.5) is 13.2 Å². The summed E-state index contributed by atoms with van der Waals surface area (Å²) in [5.41, 5.74) is 5.49. The van der Waals surface area contributed by atoms with Gasteiger partial charge in [-0.15, -0.1) is 0 Å². The highest BCUT2D eigenvalue weighted by molar-refractivity contribution is 7.46. The first kappa shape index (κ1) is 24.9. The highest BCUT2D eigenvalue weighted by Crippen LogP contribution is 2.36. The Morgan fingerprint density at radius 1 is 1.04 bits per heavy atom. The summed E-state index contributed by atoms with van der Waals surface area (Å²) in [5, 5.41) is 9.37. The van der Waals surface area contributed by atoms with Gasteiger partial charge in [-0.25, -0.2) is 4.57 Å². The Bertz CT molecular complexity index is 622. The number of halogens is 3. The third-order valence-corrected chi connectivity index (χ3v) is 4.51. The number of aryl methyl sites for hydroxylation is 1. The van der Waals surface area contributed by atoms with Gasteiger partial charge in [0.1, 0.15) is 5.75 Å². The van der Waals surface area contributed by atoms with Gasteiger partial charge in [-0.05, 0) is 49.8 Å². The molecule has 1 aromatic carbocycles. The van der Waals surface area contributed by atoms with Gasteiger partial charge in [-0.3, -0.25) is 4.52 Å². The van der Waals surface area contributed by atoms with E-state index in [4.69, 9.17) is 20.3 Å². The molecule has 7 nitrogen and oxygen atoms in total. The molecule has 1 atom stereocenters. The highest BCUT2D eigenvalue weighted by atomic mass is 31.2. The zero-order valence-electron chi connectivity index (χ0n) is 15.4. The zero-order valence-corrected chi connectivity index (χ0v) is 16.3. The molecule has 0 amide bonds. The van der Waals surface area contributed by atoms with Gasteiger partial charge in [0.15, 0.2) is 0 Å². The number of unbranched alkanes of at least 4 members (excludes halogenated alkanes) is 2. The van der Waals surface area contributed by atoms with E-state index in [-0.39, 0.29) is 12.8 Å². The van der Waals surface area contributed by atoms with E-state index in [1.165, 1.54) is 0 Å². The van der Waals surface area contributed by atoms with Crippen molar-refractivity contribution in [1.82, 2.24) is 0 Å². The Balaban J connectivity index is 2.34. The van der Waals surface area contributed by atoms with Crippen molar-refractivity contribution >= 4 is 7.82 Å². The predicted molar refractivity (Wildman–Crippen MR) is 96.8 cm³/mol. The number of phosphoric ester groups is 1. The second kappa shape index (κ2) is 11.1.